The Bertz CT molecular complexity index is 1080. The maximum absolute atomic E-state index is 13.4. The number of fused-ring (bicyclic) bond motifs is 1. The summed E-state index contributed by atoms with van der Waals surface area (Å²) in [6.45, 7) is 0.612. The lowest BCUT2D eigenvalue weighted by Gasteiger charge is -2.32. The molecule has 1 fully saturated rings. The molecule has 1 aromatic carbocycles. The summed E-state index contributed by atoms with van der Waals surface area (Å²) in [5.41, 5.74) is 3.00. The minimum atomic E-state index is -0.433. The van der Waals surface area contributed by atoms with Crippen LogP contribution in [0.25, 0.3) is 11.5 Å². The lowest BCUT2D eigenvalue weighted by atomic mass is 9.78. The summed E-state index contributed by atoms with van der Waals surface area (Å²) in [6, 6.07) is 9.88. The molecule has 5 rings (SSSR count). The van der Waals surface area contributed by atoms with Crippen molar-refractivity contribution in [3.8, 4) is 11.5 Å². The van der Waals surface area contributed by atoms with Crippen molar-refractivity contribution in [1.82, 2.24) is 10.1 Å². The molecule has 0 bridgehead atoms. The molecular formula is C23H23N3O4S. The van der Waals surface area contributed by atoms with Gasteiger partial charge in [0.05, 0.1) is 17.4 Å². The van der Waals surface area contributed by atoms with Crippen LogP contribution in [0, 0.1) is 11.8 Å². The standard InChI is InChI=1S/C23H23N3O4S/c27-22(26-11-9-15-5-1-4-8-19(15)26)17-6-2-3-7-18(17)23(28)29-13-20-24-21(30-25-20)16-10-12-31-14-16/h1,4-5,8,10,12,14,17-18H,2-3,6-7,9,11,13H2. The van der Waals surface area contributed by atoms with Crippen molar-refractivity contribution >= 4 is 28.9 Å². The first-order chi connectivity index (χ1) is 15.2. The van der Waals surface area contributed by atoms with E-state index in [4.69, 9.17) is 9.26 Å². The summed E-state index contributed by atoms with van der Waals surface area (Å²) >= 11 is 1.54. The Kier molecular flexibility index (Phi) is 5.55. The van der Waals surface area contributed by atoms with Gasteiger partial charge in [-0.25, -0.2) is 0 Å². The Morgan fingerprint density at radius 2 is 2.00 bits per heavy atom. The molecule has 1 aliphatic heterocycles. The Hall–Kier alpha value is -3.00. The molecule has 31 heavy (non-hydrogen) atoms. The number of hydrogen-bond acceptors (Lipinski definition) is 7. The maximum Gasteiger partial charge on any atom is 0.310 e. The minimum absolute atomic E-state index is 0.0332. The average molecular weight is 438 g/mol. The van der Waals surface area contributed by atoms with Gasteiger partial charge >= 0.3 is 5.97 Å². The van der Waals surface area contributed by atoms with Crippen LogP contribution in [-0.2, 0) is 27.4 Å². The highest BCUT2D eigenvalue weighted by Gasteiger charge is 2.40. The van der Waals surface area contributed by atoms with E-state index in [0.29, 0.717) is 31.1 Å². The van der Waals surface area contributed by atoms with Crippen molar-refractivity contribution in [2.45, 2.75) is 38.7 Å². The number of thiophene rings is 1. The summed E-state index contributed by atoms with van der Waals surface area (Å²) in [5, 5.41) is 7.74. The van der Waals surface area contributed by atoms with Crippen LogP contribution in [0.5, 0.6) is 0 Å². The third-order valence-electron chi connectivity index (χ3n) is 6.12. The number of nitrogens with zero attached hydrogens (tertiary/aromatic N) is 3. The molecule has 2 atom stereocenters. The van der Waals surface area contributed by atoms with Crippen molar-refractivity contribution in [3.63, 3.8) is 0 Å². The number of ether oxygens (including phenoxy) is 1. The van der Waals surface area contributed by atoms with Gasteiger partial charge in [0, 0.05) is 17.6 Å². The zero-order valence-corrected chi connectivity index (χ0v) is 17.8. The normalized spacial score (nSPS) is 20.5. The largest absolute Gasteiger partial charge is 0.457 e. The molecule has 2 aliphatic rings. The van der Waals surface area contributed by atoms with E-state index in [1.54, 1.807) is 11.3 Å². The lowest BCUT2D eigenvalue weighted by Crippen LogP contribution is -2.42. The summed E-state index contributed by atoms with van der Waals surface area (Å²) in [7, 11) is 0. The van der Waals surface area contributed by atoms with E-state index < -0.39 is 5.92 Å². The number of carbonyl (C=O) groups is 2. The quantitative estimate of drug-likeness (QED) is 0.555. The van der Waals surface area contributed by atoms with Crippen LogP contribution in [0.1, 0.15) is 37.1 Å². The van der Waals surface area contributed by atoms with Crippen LogP contribution in [-0.4, -0.2) is 28.6 Å². The second-order valence-electron chi connectivity index (χ2n) is 8.00. The molecule has 0 saturated heterocycles. The number of aromatic nitrogens is 2. The third-order valence-corrected chi connectivity index (χ3v) is 6.80. The average Bonchev–Trinajstić information content (AvgIpc) is 3.57. The van der Waals surface area contributed by atoms with Crippen LogP contribution in [0.3, 0.4) is 0 Å². The van der Waals surface area contributed by atoms with Crippen molar-refractivity contribution in [3.05, 3.63) is 52.5 Å². The molecule has 1 amide bonds. The Balaban J connectivity index is 1.25. The van der Waals surface area contributed by atoms with Crippen LogP contribution in [0.2, 0.25) is 0 Å². The molecule has 160 valence electrons. The minimum Gasteiger partial charge on any atom is -0.457 e. The molecule has 7 nitrogen and oxygen atoms in total. The van der Waals surface area contributed by atoms with E-state index in [-0.39, 0.29) is 24.4 Å². The van der Waals surface area contributed by atoms with Crippen molar-refractivity contribution in [2.75, 3.05) is 11.4 Å². The number of esters is 1. The second kappa shape index (κ2) is 8.63. The van der Waals surface area contributed by atoms with Crippen molar-refractivity contribution in [1.29, 1.82) is 0 Å². The fourth-order valence-electron chi connectivity index (χ4n) is 4.53. The molecule has 8 heteroatoms. The van der Waals surface area contributed by atoms with Gasteiger partial charge in [-0.3, -0.25) is 9.59 Å². The predicted octanol–water partition coefficient (Wildman–Crippen LogP) is 4.24. The number of anilines is 1. The molecule has 2 unspecified atom stereocenters. The van der Waals surface area contributed by atoms with Gasteiger partial charge in [0.15, 0.2) is 6.61 Å². The van der Waals surface area contributed by atoms with Gasteiger partial charge in [-0.15, -0.1) is 0 Å². The van der Waals surface area contributed by atoms with Gasteiger partial charge in [-0.05, 0) is 42.3 Å². The van der Waals surface area contributed by atoms with Crippen LogP contribution in [0.4, 0.5) is 5.69 Å². The molecule has 3 heterocycles. The molecule has 2 aromatic heterocycles. The second-order valence-corrected chi connectivity index (χ2v) is 8.78. The fraction of sp³-hybridized carbons (Fsp3) is 0.391. The summed E-state index contributed by atoms with van der Waals surface area (Å²) in [4.78, 5) is 32.4. The summed E-state index contributed by atoms with van der Waals surface area (Å²) in [6.07, 6.45) is 4.10. The zero-order chi connectivity index (χ0) is 21.2. The molecule has 0 radical (unpaired) electrons. The highest BCUT2D eigenvalue weighted by atomic mass is 32.1. The number of benzene rings is 1. The van der Waals surface area contributed by atoms with E-state index in [1.807, 2.05) is 39.9 Å². The highest BCUT2D eigenvalue weighted by Crippen LogP contribution is 2.36. The Labute approximate surface area is 184 Å². The van der Waals surface area contributed by atoms with E-state index in [1.165, 1.54) is 5.56 Å². The smallest absolute Gasteiger partial charge is 0.310 e. The van der Waals surface area contributed by atoms with Gasteiger partial charge < -0.3 is 14.2 Å². The van der Waals surface area contributed by atoms with Crippen LogP contribution < -0.4 is 4.90 Å². The van der Waals surface area contributed by atoms with Gasteiger partial charge in [-0.1, -0.05) is 36.2 Å². The highest BCUT2D eigenvalue weighted by molar-refractivity contribution is 7.08. The molecule has 1 aliphatic carbocycles. The van der Waals surface area contributed by atoms with E-state index in [0.717, 1.165) is 30.5 Å². The van der Waals surface area contributed by atoms with Gasteiger partial charge in [0.25, 0.3) is 5.89 Å². The van der Waals surface area contributed by atoms with Crippen LogP contribution in [0.15, 0.2) is 45.6 Å². The number of carbonyl (C=O) groups excluding carboxylic acids is 2. The molecule has 0 spiro atoms. The van der Waals surface area contributed by atoms with E-state index in [2.05, 4.69) is 16.2 Å². The van der Waals surface area contributed by atoms with E-state index >= 15 is 0 Å². The van der Waals surface area contributed by atoms with Crippen molar-refractivity contribution < 1.29 is 18.8 Å². The number of amides is 1. The molecule has 1 saturated carbocycles. The number of rotatable bonds is 5. The number of hydrogen-bond donors (Lipinski definition) is 0. The van der Waals surface area contributed by atoms with Crippen molar-refractivity contribution in [2.24, 2.45) is 11.8 Å². The van der Waals surface area contributed by atoms with Gasteiger partial charge in [0.1, 0.15) is 0 Å². The molecule has 0 N–H and O–H groups in total. The van der Waals surface area contributed by atoms with Gasteiger partial charge in [-0.2, -0.15) is 16.3 Å². The lowest BCUT2D eigenvalue weighted by molar-refractivity contribution is -0.155. The third kappa shape index (κ3) is 3.99. The monoisotopic (exact) mass is 437 g/mol. The van der Waals surface area contributed by atoms with E-state index in [9.17, 15) is 9.59 Å². The predicted molar refractivity (Wildman–Crippen MR) is 115 cm³/mol. The molecular weight excluding hydrogens is 414 g/mol. The maximum atomic E-state index is 13.4. The zero-order valence-electron chi connectivity index (χ0n) is 17.0. The molecule has 3 aromatic rings. The Morgan fingerprint density at radius 1 is 1.16 bits per heavy atom. The summed E-state index contributed by atoms with van der Waals surface area (Å²) < 4.78 is 10.8. The first kappa shape index (κ1) is 19.9. The fourth-order valence-corrected chi connectivity index (χ4v) is 5.16. The van der Waals surface area contributed by atoms with Crippen LogP contribution >= 0.6 is 11.3 Å². The Morgan fingerprint density at radius 3 is 2.84 bits per heavy atom. The summed E-state index contributed by atoms with van der Waals surface area (Å²) in [5.74, 6) is -0.373. The number of para-hydroxylation sites is 1. The topological polar surface area (TPSA) is 85.5 Å². The first-order valence-corrected chi connectivity index (χ1v) is 11.6. The van der Waals surface area contributed by atoms with Gasteiger partial charge in [0.2, 0.25) is 11.7 Å². The SMILES string of the molecule is O=C(OCc1noc(-c2ccsc2)n1)C1CCCCC1C(=O)N1CCc2ccccc21. The first-order valence-electron chi connectivity index (χ1n) is 10.6.